The maximum absolute atomic E-state index is 4.16. The van der Waals surface area contributed by atoms with Crippen LogP contribution in [0.1, 0.15) is 57.2 Å². The first-order valence-electron chi connectivity index (χ1n) is 23.8. The molecule has 6 heteroatoms. The van der Waals surface area contributed by atoms with E-state index in [4.69, 9.17) is 0 Å². The maximum atomic E-state index is 4.16. The van der Waals surface area contributed by atoms with E-state index in [0.29, 0.717) is 0 Å². The van der Waals surface area contributed by atoms with E-state index in [1.807, 2.05) is 23.5 Å². The molecule has 1 N–H and O–H groups in total. The molecule has 2 nitrogen and oxygen atoms in total. The standard InChI is InChI=1S/C61H51BN2S2Si/c1-38-33-44-45(61(4,5)32-31-60(44,2)3)35-48(38)64-49-37-54-53(65-51-27-15-16-28-52(51)66-54)36-46(49)62-58-50(64)34-39-19-12-13-24-42(39)57(58)43-25-18-30-56-59(43)63-47-26-14-17-29-55(47)67(56,40-20-8-6-9-21-40)41-22-10-7-11-23-41/h6-30,33-37,62-63H,31-32H2,1-5H3. The largest absolute Gasteiger partial charge is 0.355 e. The first-order chi connectivity index (χ1) is 32.6. The van der Waals surface area contributed by atoms with E-state index in [9.17, 15) is 0 Å². The zero-order valence-corrected chi connectivity index (χ0v) is 41.3. The Morgan fingerprint density at radius 2 is 1.13 bits per heavy atom. The number of fused-ring (bicyclic) bond motifs is 8. The van der Waals surface area contributed by atoms with Gasteiger partial charge in [0.05, 0.1) is 0 Å². The highest BCUT2D eigenvalue weighted by Gasteiger charge is 2.48. The molecule has 0 spiro atoms. The predicted octanol–water partition coefficient (Wildman–Crippen LogP) is 12.4. The number of hydrogen-bond acceptors (Lipinski definition) is 4. The van der Waals surface area contributed by atoms with Gasteiger partial charge >= 0.3 is 0 Å². The molecule has 3 aliphatic heterocycles. The SMILES string of the molecule is Cc1cc2c(cc1N1c3cc4c(cc3Bc3c1cc1ccccc1c3-c1cccc3c1Nc1ccccc1[Si]3(c1ccccc1)c1ccccc1)Sc1ccccc1S4)C(C)(C)CCC2(C)C. The van der Waals surface area contributed by atoms with Crippen molar-refractivity contribution < 1.29 is 0 Å². The van der Waals surface area contributed by atoms with Crippen LogP contribution in [-0.2, 0) is 10.8 Å². The molecule has 3 heterocycles. The Hall–Kier alpha value is -6.18. The molecule has 0 saturated carbocycles. The second-order valence-electron chi connectivity index (χ2n) is 20.4. The Labute approximate surface area is 405 Å². The first kappa shape index (κ1) is 41.0. The van der Waals surface area contributed by atoms with Crippen LogP contribution in [0.15, 0.2) is 202 Å². The van der Waals surface area contributed by atoms with Gasteiger partial charge in [-0.1, -0.05) is 202 Å². The third kappa shape index (κ3) is 6.19. The second kappa shape index (κ2) is 15.2. The molecule has 67 heavy (non-hydrogen) atoms. The van der Waals surface area contributed by atoms with Crippen LogP contribution >= 0.6 is 23.5 Å². The van der Waals surface area contributed by atoms with Crippen molar-refractivity contribution in [3.8, 4) is 11.1 Å². The van der Waals surface area contributed by atoms with E-state index in [2.05, 4.69) is 227 Å². The van der Waals surface area contributed by atoms with Crippen molar-refractivity contribution in [2.45, 2.75) is 77.9 Å². The van der Waals surface area contributed by atoms with Gasteiger partial charge in [-0.25, -0.2) is 0 Å². The Morgan fingerprint density at radius 1 is 0.537 bits per heavy atom. The van der Waals surface area contributed by atoms with Crippen molar-refractivity contribution in [3.05, 3.63) is 199 Å². The molecule has 0 amide bonds. The van der Waals surface area contributed by atoms with Gasteiger partial charge in [0.2, 0.25) is 0 Å². The zero-order chi connectivity index (χ0) is 45.2. The smallest absolute Gasteiger partial charge is 0.198 e. The van der Waals surface area contributed by atoms with Gasteiger partial charge in [-0.2, -0.15) is 0 Å². The second-order valence-corrected chi connectivity index (χ2v) is 26.3. The third-order valence-corrected chi connectivity index (χ3v) is 23.0. The summed E-state index contributed by atoms with van der Waals surface area (Å²) in [6, 6.07) is 69.8. The molecule has 0 unspecified atom stereocenters. The van der Waals surface area contributed by atoms with Gasteiger partial charge in [0.15, 0.2) is 15.4 Å². The van der Waals surface area contributed by atoms with E-state index < -0.39 is 8.07 Å². The number of para-hydroxylation sites is 2. The maximum Gasteiger partial charge on any atom is 0.198 e. The van der Waals surface area contributed by atoms with Gasteiger partial charge in [-0.05, 0) is 126 Å². The van der Waals surface area contributed by atoms with E-state index in [1.54, 1.807) is 0 Å². The van der Waals surface area contributed by atoms with Crippen LogP contribution in [0.3, 0.4) is 0 Å². The molecule has 0 aromatic heterocycles. The first-order valence-corrected chi connectivity index (χ1v) is 27.5. The van der Waals surface area contributed by atoms with Gasteiger partial charge < -0.3 is 10.2 Å². The lowest BCUT2D eigenvalue weighted by molar-refractivity contribution is 0.332. The molecule has 0 atom stereocenters. The lowest BCUT2D eigenvalue weighted by Crippen LogP contribution is -2.76. The number of rotatable bonds is 4. The minimum Gasteiger partial charge on any atom is -0.355 e. The normalized spacial score (nSPS) is 16.5. The van der Waals surface area contributed by atoms with Crippen LogP contribution in [0.25, 0.3) is 21.9 Å². The summed E-state index contributed by atoms with van der Waals surface area (Å²) in [5.41, 5.74) is 16.1. The van der Waals surface area contributed by atoms with Crippen LogP contribution in [-0.4, -0.2) is 15.4 Å². The van der Waals surface area contributed by atoms with Gasteiger partial charge in [0, 0.05) is 53.6 Å². The summed E-state index contributed by atoms with van der Waals surface area (Å²) < 4.78 is 0. The van der Waals surface area contributed by atoms with Gasteiger partial charge in [-0.15, -0.1) is 0 Å². The van der Waals surface area contributed by atoms with Gasteiger partial charge in [0.25, 0.3) is 0 Å². The monoisotopic (exact) mass is 914 g/mol. The molecule has 9 aromatic rings. The van der Waals surface area contributed by atoms with Crippen molar-refractivity contribution in [2.24, 2.45) is 0 Å². The highest BCUT2D eigenvalue weighted by Crippen LogP contribution is 2.53. The van der Waals surface area contributed by atoms with Crippen molar-refractivity contribution in [1.82, 2.24) is 0 Å². The minimum absolute atomic E-state index is 0.0638. The summed E-state index contributed by atoms with van der Waals surface area (Å²) in [6.45, 7) is 12.2. The van der Waals surface area contributed by atoms with E-state index in [0.717, 1.165) is 7.28 Å². The van der Waals surface area contributed by atoms with Crippen LogP contribution < -0.4 is 41.9 Å². The Bertz CT molecular complexity index is 3470. The van der Waals surface area contributed by atoms with E-state index in [1.165, 1.54) is 131 Å². The molecule has 0 saturated heterocycles. The number of benzene rings is 9. The number of anilines is 5. The summed E-state index contributed by atoms with van der Waals surface area (Å²) in [5.74, 6) is 0. The molecule has 0 radical (unpaired) electrons. The molecular formula is C61H51BN2S2Si. The molecular weight excluding hydrogens is 864 g/mol. The number of hydrogen-bond donors (Lipinski definition) is 1. The molecule has 9 aromatic carbocycles. The fraction of sp³-hybridized carbons (Fsp3) is 0.148. The summed E-state index contributed by atoms with van der Waals surface area (Å²) in [5, 5.41) is 12.3. The van der Waals surface area contributed by atoms with Crippen molar-refractivity contribution in [3.63, 3.8) is 0 Å². The number of nitrogens with zero attached hydrogens (tertiary/aromatic N) is 1. The lowest BCUT2D eigenvalue weighted by atomic mass is 9.57. The molecule has 4 aliphatic rings. The minimum atomic E-state index is -2.84. The highest BCUT2D eigenvalue weighted by atomic mass is 32.2. The van der Waals surface area contributed by atoms with E-state index >= 15 is 0 Å². The van der Waals surface area contributed by atoms with Crippen LogP contribution in [0.2, 0.25) is 0 Å². The Balaban J connectivity index is 1.12. The topological polar surface area (TPSA) is 15.3 Å². The average molecular weight is 915 g/mol. The lowest BCUT2D eigenvalue weighted by Gasteiger charge is -2.44. The highest BCUT2D eigenvalue weighted by molar-refractivity contribution is 8.05. The van der Waals surface area contributed by atoms with Crippen molar-refractivity contribution >= 4 is 110 Å². The quantitative estimate of drug-likeness (QED) is 0.177. The van der Waals surface area contributed by atoms with Crippen molar-refractivity contribution in [2.75, 3.05) is 10.2 Å². The predicted molar refractivity (Wildman–Crippen MR) is 292 cm³/mol. The Kier molecular flexibility index (Phi) is 9.29. The van der Waals surface area contributed by atoms with Gasteiger partial charge in [0.1, 0.15) is 0 Å². The van der Waals surface area contributed by atoms with Crippen LogP contribution in [0.4, 0.5) is 28.4 Å². The average Bonchev–Trinajstić information content (AvgIpc) is 3.35. The third-order valence-electron chi connectivity index (χ3n) is 15.6. The number of aryl methyl sites for hydroxylation is 1. The molecule has 0 bridgehead atoms. The van der Waals surface area contributed by atoms with Crippen molar-refractivity contribution in [1.29, 1.82) is 0 Å². The van der Waals surface area contributed by atoms with Crippen LogP contribution in [0.5, 0.6) is 0 Å². The zero-order valence-electron chi connectivity index (χ0n) is 38.7. The summed E-state index contributed by atoms with van der Waals surface area (Å²) >= 11 is 3.84. The molecule has 13 rings (SSSR count). The van der Waals surface area contributed by atoms with Crippen LogP contribution in [0, 0.1) is 6.92 Å². The van der Waals surface area contributed by atoms with Gasteiger partial charge in [-0.3, -0.25) is 0 Å². The molecule has 324 valence electrons. The number of nitrogens with one attached hydrogen (secondary N) is 1. The Morgan fingerprint density at radius 3 is 1.85 bits per heavy atom. The summed E-state index contributed by atoms with van der Waals surface area (Å²) in [4.78, 5) is 8.02. The fourth-order valence-corrected chi connectivity index (χ4v) is 19.5. The van der Waals surface area contributed by atoms with E-state index in [-0.39, 0.29) is 10.8 Å². The molecule has 0 fully saturated rings. The fourth-order valence-electron chi connectivity index (χ4n) is 12.1. The summed E-state index contributed by atoms with van der Waals surface area (Å²) in [6.07, 6.45) is 2.36. The summed E-state index contributed by atoms with van der Waals surface area (Å²) in [7, 11) is -2.01. The molecule has 1 aliphatic carbocycles.